The first kappa shape index (κ1) is 13.2. The number of carbonyl (C=O) groups excluding carboxylic acids is 1. The highest BCUT2D eigenvalue weighted by Crippen LogP contribution is 2.16. The summed E-state index contributed by atoms with van der Waals surface area (Å²) in [6.45, 7) is 1.59. The van der Waals surface area contributed by atoms with Crippen LogP contribution in [0.1, 0.15) is 21.5 Å². The Balaban J connectivity index is 2.29. The van der Waals surface area contributed by atoms with Crippen molar-refractivity contribution in [2.75, 3.05) is 5.32 Å². The minimum Gasteiger partial charge on any atom is -0.389 e. The summed E-state index contributed by atoms with van der Waals surface area (Å²) in [4.78, 5) is 12.1. The van der Waals surface area contributed by atoms with Gasteiger partial charge in [0.25, 0.3) is 5.91 Å². The van der Waals surface area contributed by atoms with Crippen LogP contribution in [0.5, 0.6) is 0 Å². The Labute approximate surface area is 114 Å². The summed E-state index contributed by atoms with van der Waals surface area (Å²) in [7, 11) is 0. The monoisotopic (exact) mass is 278 g/mol. The first-order chi connectivity index (χ1) is 9.00. The predicted octanol–water partition coefficient (Wildman–Crippen LogP) is 1.74. The van der Waals surface area contributed by atoms with Crippen LogP contribution >= 0.6 is 12.2 Å². The number of nitrogens with two attached hydrogens (primary N) is 1. The molecule has 1 aromatic carbocycles. The molecule has 0 atom stereocenters. The van der Waals surface area contributed by atoms with E-state index in [4.69, 9.17) is 18.0 Å². The number of halogens is 1. The van der Waals surface area contributed by atoms with Crippen LogP contribution in [-0.2, 0) is 0 Å². The number of benzene rings is 1. The number of thiocarbonyl (C=S) groups is 1. The molecular formula is C12H11FN4OS. The molecule has 4 N–H and O–H groups in total. The number of hydrogen-bond donors (Lipinski definition) is 3. The molecule has 0 saturated carbocycles. The molecule has 0 aliphatic rings. The third-order valence-corrected chi connectivity index (χ3v) is 2.80. The first-order valence-electron chi connectivity index (χ1n) is 5.40. The van der Waals surface area contributed by atoms with Crippen molar-refractivity contribution in [3.63, 3.8) is 0 Å². The largest absolute Gasteiger partial charge is 0.389 e. The van der Waals surface area contributed by atoms with Gasteiger partial charge in [0, 0.05) is 0 Å². The molecule has 0 aliphatic heterocycles. The van der Waals surface area contributed by atoms with Crippen molar-refractivity contribution in [2.24, 2.45) is 5.73 Å². The van der Waals surface area contributed by atoms with Crippen molar-refractivity contribution in [1.82, 2.24) is 10.2 Å². The lowest BCUT2D eigenvalue weighted by atomic mass is 10.1. The van der Waals surface area contributed by atoms with Gasteiger partial charge in [-0.15, -0.1) is 0 Å². The Kier molecular flexibility index (Phi) is 3.57. The zero-order valence-electron chi connectivity index (χ0n) is 10.0. The quantitative estimate of drug-likeness (QED) is 0.747. The van der Waals surface area contributed by atoms with E-state index in [1.165, 1.54) is 12.3 Å². The number of aromatic nitrogens is 2. The topological polar surface area (TPSA) is 83.8 Å². The van der Waals surface area contributed by atoms with Gasteiger partial charge < -0.3 is 11.1 Å². The maximum absolute atomic E-state index is 13.8. The maximum Gasteiger partial charge on any atom is 0.259 e. The lowest BCUT2D eigenvalue weighted by Crippen LogP contribution is -2.18. The standard InChI is InChI=1S/C12H11FN4OS/c1-6-3-2-4-7(9(6)13)12(18)16-11-8(10(14)19)5-15-17-11/h2-5H,1H3,(H2,14,19)(H2,15,16,17,18). The molecule has 0 aliphatic carbocycles. The highest BCUT2D eigenvalue weighted by atomic mass is 32.1. The maximum atomic E-state index is 13.8. The number of carbonyl (C=O) groups is 1. The van der Waals surface area contributed by atoms with Gasteiger partial charge in [-0.25, -0.2) is 4.39 Å². The van der Waals surface area contributed by atoms with E-state index in [1.54, 1.807) is 19.1 Å². The van der Waals surface area contributed by atoms with Crippen molar-refractivity contribution in [3.05, 3.63) is 46.9 Å². The lowest BCUT2D eigenvalue weighted by Gasteiger charge is -2.07. The minimum atomic E-state index is -0.594. The highest BCUT2D eigenvalue weighted by Gasteiger charge is 2.16. The van der Waals surface area contributed by atoms with Gasteiger partial charge in [0.05, 0.1) is 17.3 Å². The van der Waals surface area contributed by atoms with Crippen LogP contribution in [0, 0.1) is 12.7 Å². The van der Waals surface area contributed by atoms with E-state index in [1.807, 2.05) is 0 Å². The summed E-state index contributed by atoms with van der Waals surface area (Å²) in [5.41, 5.74) is 6.22. The normalized spacial score (nSPS) is 10.2. The van der Waals surface area contributed by atoms with Crippen molar-refractivity contribution in [1.29, 1.82) is 0 Å². The molecule has 1 aromatic heterocycles. The Morgan fingerprint density at radius 3 is 2.89 bits per heavy atom. The molecule has 1 amide bonds. The molecule has 2 rings (SSSR count). The van der Waals surface area contributed by atoms with Crippen LogP contribution in [0.4, 0.5) is 10.2 Å². The summed E-state index contributed by atoms with van der Waals surface area (Å²) in [6.07, 6.45) is 1.39. The van der Waals surface area contributed by atoms with Crippen LogP contribution < -0.4 is 11.1 Å². The molecule has 19 heavy (non-hydrogen) atoms. The van der Waals surface area contributed by atoms with E-state index in [0.717, 1.165) is 0 Å². The van der Waals surface area contributed by atoms with Crippen molar-refractivity contribution >= 4 is 28.9 Å². The number of aromatic amines is 1. The van der Waals surface area contributed by atoms with Crippen molar-refractivity contribution in [3.8, 4) is 0 Å². The molecule has 98 valence electrons. The van der Waals surface area contributed by atoms with Gasteiger partial charge in [0.2, 0.25) is 0 Å². The number of rotatable bonds is 3. The second-order valence-electron chi connectivity index (χ2n) is 3.91. The van der Waals surface area contributed by atoms with Crippen molar-refractivity contribution in [2.45, 2.75) is 6.92 Å². The van der Waals surface area contributed by atoms with Crippen LogP contribution in [-0.4, -0.2) is 21.1 Å². The van der Waals surface area contributed by atoms with Gasteiger partial charge in [0.15, 0.2) is 0 Å². The predicted molar refractivity (Wildman–Crippen MR) is 73.6 cm³/mol. The molecule has 0 fully saturated rings. The third-order valence-electron chi connectivity index (χ3n) is 2.58. The van der Waals surface area contributed by atoms with Gasteiger partial charge in [-0.2, -0.15) is 5.10 Å². The van der Waals surface area contributed by atoms with E-state index in [9.17, 15) is 9.18 Å². The Morgan fingerprint density at radius 2 is 2.21 bits per heavy atom. The average molecular weight is 278 g/mol. The number of nitrogens with zero attached hydrogens (tertiary/aromatic N) is 1. The zero-order chi connectivity index (χ0) is 14.0. The molecule has 2 aromatic rings. The van der Waals surface area contributed by atoms with E-state index in [2.05, 4.69) is 15.5 Å². The number of aryl methyl sites for hydroxylation is 1. The molecule has 1 heterocycles. The Morgan fingerprint density at radius 1 is 1.47 bits per heavy atom. The molecule has 0 unspecified atom stereocenters. The van der Waals surface area contributed by atoms with Crippen LogP contribution in [0.2, 0.25) is 0 Å². The SMILES string of the molecule is Cc1cccc(C(=O)Nc2[nH]ncc2C(N)=S)c1F. The molecule has 0 bridgehead atoms. The molecule has 5 nitrogen and oxygen atoms in total. The summed E-state index contributed by atoms with van der Waals surface area (Å²) in [5.74, 6) is -0.905. The van der Waals surface area contributed by atoms with Gasteiger partial charge in [-0.3, -0.25) is 9.89 Å². The fraction of sp³-hybridized carbons (Fsp3) is 0.0833. The number of nitrogens with one attached hydrogen (secondary N) is 2. The minimum absolute atomic E-state index is 0.0523. The van der Waals surface area contributed by atoms with Crippen LogP contribution in [0.3, 0.4) is 0 Å². The van der Waals surface area contributed by atoms with Gasteiger partial charge in [-0.1, -0.05) is 24.4 Å². The van der Waals surface area contributed by atoms with E-state index in [0.29, 0.717) is 11.1 Å². The second kappa shape index (κ2) is 5.15. The summed E-state index contributed by atoms with van der Waals surface area (Å²) >= 11 is 4.81. The molecule has 0 spiro atoms. The molecule has 0 radical (unpaired) electrons. The zero-order valence-corrected chi connectivity index (χ0v) is 10.8. The smallest absolute Gasteiger partial charge is 0.259 e. The number of anilines is 1. The fourth-order valence-corrected chi connectivity index (χ4v) is 1.73. The van der Waals surface area contributed by atoms with E-state index in [-0.39, 0.29) is 16.4 Å². The third kappa shape index (κ3) is 2.60. The Hall–Kier alpha value is -2.28. The Bertz CT molecular complexity index is 653. The van der Waals surface area contributed by atoms with E-state index < -0.39 is 11.7 Å². The number of amides is 1. The van der Waals surface area contributed by atoms with Crippen molar-refractivity contribution < 1.29 is 9.18 Å². The number of hydrogen-bond acceptors (Lipinski definition) is 3. The molecule has 0 saturated heterocycles. The summed E-state index contributed by atoms with van der Waals surface area (Å²) < 4.78 is 13.8. The first-order valence-corrected chi connectivity index (χ1v) is 5.81. The highest BCUT2D eigenvalue weighted by molar-refractivity contribution is 7.80. The lowest BCUT2D eigenvalue weighted by molar-refractivity contribution is 0.102. The summed E-state index contributed by atoms with van der Waals surface area (Å²) in [6, 6.07) is 4.59. The average Bonchev–Trinajstić information content (AvgIpc) is 2.80. The van der Waals surface area contributed by atoms with Gasteiger partial charge in [0.1, 0.15) is 16.6 Å². The molecule has 7 heteroatoms. The molecular weight excluding hydrogens is 267 g/mol. The summed E-state index contributed by atoms with van der Waals surface area (Å²) in [5, 5.41) is 8.77. The van der Waals surface area contributed by atoms with Crippen LogP contribution in [0.15, 0.2) is 24.4 Å². The van der Waals surface area contributed by atoms with Gasteiger partial charge in [-0.05, 0) is 18.6 Å². The second-order valence-corrected chi connectivity index (χ2v) is 4.35. The number of H-pyrrole nitrogens is 1. The van der Waals surface area contributed by atoms with E-state index >= 15 is 0 Å². The van der Waals surface area contributed by atoms with Gasteiger partial charge >= 0.3 is 0 Å². The fourth-order valence-electron chi connectivity index (χ4n) is 1.57. The van der Waals surface area contributed by atoms with Crippen LogP contribution in [0.25, 0.3) is 0 Å².